The normalized spacial score (nSPS) is 37.7. The number of rotatable bonds is 5. The molecule has 0 spiro atoms. The van der Waals surface area contributed by atoms with E-state index >= 15 is 0 Å². The lowest BCUT2D eigenvalue weighted by atomic mass is 9.45. The Morgan fingerprint density at radius 1 is 0.892 bits per heavy atom. The van der Waals surface area contributed by atoms with E-state index in [-0.39, 0.29) is 23.2 Å². The van der Waals surface area contributed by atoms with Crippen molar-refractivity contribution in [2.75, 3.05) is 0 Å². The minimum atomic E-state index is -0.172. The van der Waals surface area contributed by atoms with Crippen molar-refractivity contribution in [3.8, 4) is 5.75 Å². The van der Waals surface area contributed by atoms with Crippen LogP contribution in [-0.4, -0.2) is 17.7 Å². The van der Waals surface area contributed by atoms with Crippen LogP contribution in [0.25, 0.3) is 0 Å². The molecule has 0 saturated heterocycles. The summed E-state index contributed by atoms with van der Waals surface area (Å²) < 4.78 is 6.54. The van der Waals surface area contributed by atoms with Gasteiger partial charge in [-0.25, -0.2) is 0 Å². The van der Waals surface area contributed by atoms with Gasteiger partial charge in [-0.1, -0.05) is 63.2 Å². The van der Waals surface area contributed by atoms with Gasteiger partial charge in [0.1, 0.15) is 11.5 Å². The lowest BCUT2D eigenvalue weighted by Gasteiger charge is -2.60. The first-order chi connectivity index (χ1) is 17.8. The standard InChI is InChI=1S/C34H42O3/c1-22(32(36)24-7-5-4-6-8-24)23-9-12-26(13-10-23)37-27-17-19-33(2)25(21-27)11-14-28-29-15-16-31(35)34(29,3)20-18-30(28)33/h4-10,12-13,22,25,27-30H,11,14-21H2,1-3H3/t22?,25-,27+,28-,29-,30-,33-,34-/m0/s1. The maximum atomic E-state index is 12.9. The second-order valence-electron chi connectivity index (χ2n) is 13.1. The molecule has 0 aromatic heterocycles. The quantitative estimate of drug-likeness (QED) is 0.392. The zero-order chi connectivity index (χ0) is 25.8. The number of benzene rings is 2. The van der Waals surface area contributed by atoms with Crippen molar-refractivity contribution in [1.82, 2.24) is 0 Å². The number of carbonyl (C=O) groups excluding carboxylic acids is 2. The summed E-state index contributed by atoms with van der Waals surface area (Å²) in [4.78, 5) is 25.6. The summed E-state index contributed by atoms with van der Waals surface area (Å²) in [6.45, 7) is 6.84. The minimum absolute atomic E-state index is 0.0277. The Labute approximate surface area is 222 Å². The first-order valence-corrected chi connectivity index (χ1v) is 14.7. The van der Waals surface area contributed by atoms with Gasteiger partial charge in [0.25, 0.3) is 0 Å². The molecule has 196 valence electrons. The average Bonchev–Trinajstić information content (AvgIpc) is 3.23. The van der Waals surface area contributed by atoms with Crippen molar-refractivity contribution in [3.05, 3.63) is 65.7 Å². The number of Topliss-reactive ketones (excluding diaryl/α,β-unsaturated/α-hetero) is 2. The van der Waals surface area contributed by atoms with Gasteiger partial charge in [-0.05, 0) is 98.1 Å². The fraction of sp³-hybridized carbons (Fsp3) is 0.588. The molecule has 0 aliphatic heterocycles. The molecular formula is C34H42O3. The van der Waals surface area contributed by atoms with Crippen LogP contribution in [0.2, 0.25) is 0 Å². The van der Waals surface area contributed by atoms with E-state index in [0.29, 0.717) is 17.1 Å². The molecule has 3 heteroatoms. The third-order valence-electron chi connectivity index (χ3n) is 11.5. The maximum absolute atomic E-state index is 12.9. The number of hydrogen-bond donors (Lipinski definition) is 0. The molecule has 2 aromatic carbocycles. The number of ketones is 2. The molecule has 0 bridgehead atoms. The van der Waals surface area contributed by atoms with Crippen molar-refractivity contribution < 1.29 is 14.3 Å². The van der Waals surface area contributed by atoms with E-state index in [0.717, 1.165) is 66.7 Å². The molecule has 37 heavy (non-hydrogen) atoms. The predicted molar refractivity (Wildman–Crippen MR) is 147 cm³/mol. The van der Waals surface area contributed by atoms with Crippen molar-refractivity contribution in [2.24, 2.45) is 34.5 Å². The summed E-state index contributed by atoms with van der Waals surface area (Å²) in [6.07, 6.45) is 10.6. The van der Waals surface area contributed by atoms with Crippen LogP contribution in [0, 0.1) is 34.5 Å². The lowest BCUT2D eigenvalue weighted by Crippen LogP contribution is -2.54. The van der Waals surface area contributed by atoms with Crippen molar-refractivity contribution in [3.63, 3.8) is 0 Å². The van der Waals surface area contributed by atoms with Gasteiger partial charge in [0, 0.05) is 23.3 Å². The van der Waals surface area contributed by atoms with Crippen LogP contribution in [0.4, 0.5) is 0 Å². The Hall–Kier alpha value is -2.42. The molecule has 0 radical (unpaired) electrons. The molecule has 0 heterocycles. The molecule has 2 aromatic rings. The summed E-state index contributed by atoms with van der Waals surface area (Å²) in [7, 11) is 0. The predicted octanol–water partition coefficient (Wildman–Crippen LogP) is 8.03. The number of ether oxygens (including phenoxy) is 1. The van der Waals surface area contributed by atoms with Crippen LogP contribution in [0.5, 0.6) is 5.75 Å². The van der Waals surface area contributed by atoms with E-state index in [1.54, 1.807) is 0 Å². The van der Waals surface area contributed by atoms with Gasteiger partial charge >= 0.3 is 0 Å². The van der Waals surface area contributed by atoms with Gasteiger partial charge in [0.2, 0.25) is 0 Å². The summed E-state index contributed by atoms with van der Waals surface area (Å²) >= 11 is 0. The molecule has 4 fully saturated rings. The molecule has 4 saturated carbocycles. The van der Waals surface area contributed by atoms with Gasteiger partial charge in [-0.3, -0.25) is 9.59 Å². The fourth-order valence-corrected chi connectivity index (χ4v) is 9.13. The van der Waals surface area contributed by atoms with Crippen LogP contribution in [0.1, 0.15) is 100 Å². The molecule has 6 rings (SSSR count). The van der Waals surface area contributed by atoms with Crippen molar-refractivity contribution in [1.29, 1.82) is 0 Å². The highest BCUT2D eigenvalue weighted by molar-refractivity contribution is 6.00. The minimum Gasteiger partial charge on any atom is -0.490 e. The first kappa shape index (κ1) is 24.9. The third kappa shape index (κ3) is 4.17. The summed E-state index contributed by atoms with van der Waals surface area (Å²) in [5.74, 6) is 4.32. The highest BCUT2D eigenvalue weighted by Gasteiger charge is 2.60. The van der Waals surface area contributed by atoms with Gasteiger partial charge in [-0.15, -0.1) is 0 Å². The van der Waals surface area contributed by atoms with Gasteiger partial charge in [0.05, 0.1) is 6.10 Å². The Morgan fingerprint density at radius 2 is 1.65 bits per heavy atom. The number of hydrogen-bond acceptors (Lipinski definition) is 3. The molecule has 3 nitrogen and oxygen atoms in total. The van der Waals surface area contributed by atoms with Crippen LogP contribution < -0.4 is 4.74 Å². The van der Waals surface area contributed by atoms with Crippen LogP contribution >= 0.6 is 0 Å². The SMILES string of the molecule is CC(C(=O)c1ccccc1)c1ccc(O[C@@H]2CC[C@@]3(C)[C@@H](CC[C@@H]4[C@@H]3CC[C@]3(C)C(=O)CC[C@@H]43)C2)cc1. The van der Waals surface area contributed by atoms with E-state index in [1.165, 1.54) is 25.7 Å². The zero-order valence-corrected chi connectivity index (χ0v) is 22.7. The van der Waals surface area contributed by atoms with E-state index in [9.17, 15) is 9.59 Å². The largest absolute Gasteiger partial charge is 0.490 e. The molecule has 4 aliphatic carbocycles. The summed E-state index contributed by atoms with van der Waals surface area (Å²) in [5.41, 5.74) is 2.16. The Morgan fingerprint density at radius 3 is 2.41 bits per heavy atom. The first-order valence-electron chi connectivity index (χ1n) is 14.7. The smallest absolute Gasteiger partial charge is 0.170 e. The van der Waals surface area contributed by atoms with Gasteiger partial charge in [0.15, 0.2) is 5.78 Å². The molecule has 4 aliphatic rings. The van der Waals surface area contributed by atoms with Crippen LogP contribution in [0.15, 0.2) is 54.6 Å². The van der Waals surface area contributed by atoms with Crippen LogP contribution in [-0.2, 0) is 4.79 Å². The monoisotopic (exact) mass is 498 g/mol. The Bertz CT molecular complexity index is 1150. The average molecular weight is 499 g/mol. The molecular weight excluding hydrogens is 456 g/mol. The highest BCUT2D eigenvalue weighted by Crippen LogP contribution is 2.65. The van der Waals surface area contributed by atoms with E-state index in [4.69, 9.17) is 4.74 Å². The second-order valence-corrected chi connectivity index (χ2v) is 13.1. The summed E-state index contributed by atoms with van der Waals surface area (Å²) in [5, 5.41) is 0. The molecule has 0 amide bonds. The number of carbonyl (C=O) groups is 2. The summed E-state index contributed by atoms with van der Waals surface area (Å²) in [6, 6.07) is 17.8. The molecule has 0 N–H and O–H groups in total. The topological polar surface area (TPSA) is 43.4 Å². The Balaban J connectivity index is 1.09. The lowest BCUT2D eigenvalue weighted by molar-refractivity contribution is -0.141. The van der Waals surface area contributed by atoms with E-state index < -0.39 is 0 Å². The second kappa shape index (κ2) is 9.40. The van der Waals surface area contributed by atoms with E-state index in [1.807, 2.05) is 49.4 Å². The van der Waals surface area contributed by atoms with Crippen molar-refractivity contribution in [2.45, 2.75) is 90.6 Å². The molecule has 8 atom stereocenters. The molecule has 1 unspecified atom stereocenters. The van der Waals surface area contributed by atoms with Crippen molar-refractivity contribution >= 4 is 11.6 Å². The maximum Gasteiger partial charge on any atom is 0.170 e. The van der Waals surface area contributed by atoms with Crippen LogP contribution in [0.3, 0.4) is 0 Å². The third-order valence-corrected chi connectivity index (χ3v) is 11.5. The number of fused-ring (bicyclic) bond motifs is 5. The van der Waals surface area contributed by atoms with E-state index in [2.05, 4.69) is 26.0 Å². The zero-order valence-electron chi connectivity index (χ0n) is 22.7. The van der Waals surface area contributed by atoms with Gasteiger partial charge in [-0.2, -0.15) is 0 Å². The fourth-order valence-electron chi connectivity index (χ4n) is 9.13. The highest BCUT2D eigenvalue weighted by atomic mass is 16.5. The van der Waals surface area contributed by atoms with Gasteiger partial charge < -0.3 is 4.74 Å². The Kier molecular flexibility index (Phi) is 6.32.